The van der Waals surface area contributed by atoms with E-state index in [9.17, 15) is 5.11 Å². The molecule has 0 fully saturated rings. The second kappa shape index (κ2) is 11.0. The van der Waals surface area contributed by atoms with Gasteiger partial charge in [-0.1, -0.05) is 77.4 Å². The van der Waals surface area contributed by atoms with Gasteiger partial charge in [-0.15, -0.1) is 0 Å². The summed E-state index contributed by atoms with van der Waals surface area (Å²) >= 11 is 6.37. The number of aliphatic hydroxyl groups is 1. The number of pyridine rings is 1. The number of nitrogens with zero attached hydrogens (tertiary/aromatic N) is 8. The van der Waals surface area contributed by atoms with Crippen LogP contribution in [0.25, 0.3) is 38.8 Å². The fourth-order valence-corrected chi connectivity index (χ4v) is 6.15. The minimum absolute atomic E-state index is 0.362. The number of anilines is 1. The Bertz CT molecular complexity index is 2380. The van der Waals surface area contributed by atoms with Crippen LogP contribution in [-0.2, 0) is 19.2 Å². The fraction of sp³-hybridized carbons (Fsp3) is 0.0857. The molecular weight excluding hydrogens is 598 g/mol. The van der Waals surface area contributed by atoms with Gasteiger partial charge in [0.1, 0.15) is 0 Å². The predicted octanol–water partition coefficient (Wildman–Crippen LogP) is 6.17. The van der Waals surface area contributed by atoms with Gasteiger partial charge in [-0.05, 0) is 63.5 Å². The van der Waals surface area contributed by atoms with E-state index in [2.05, 4.69) is 36.9 Å². The molecule has 4 aromatic carbocycles. The third kappa shape index (κ3) is 4.71. The first-order valence-electron chi connectivity index (χ1n) is 14.6. The van der Waals surface area contributed by atoms with E-state index in [1.165, 1.54) is 0 Å². The summed E-state index contributed by atoms with van der Waals surface area (Å²) in [6.07, 6.45) is 5.21. The number of aromatic nitrogens is 8. The molecule has 224 valence electrons. The van der Waals surface area contributed by atoms with E-state index >= 15 is 0 Å². The van der Waals surface area contributed by atoms with Gasteiger partial charge in [0, 0.05) is 35.0 Å². The zero-order chi connectivity index (χ0) is 31.3. The Morgan fingerprint density at radius 3 is 2.57 bits per heavy atom. The van der Waals surface area contributed by atoms with E-state index in [0.29, 0.717) is 39.9 Å². The number of halogens is 1. The number of imidazole rings is 1. The first kappa shape index (κ1) is 27.8. The average Bonchev–Trinajstić information content (AvgIpc) is 3.76. The van der Waals surface area contributed by atoms with Crippen molar-refractivity contribution in [3.05, 3.63) is 143 Å². The molecule has 0 aliphatic rings. The van der Waals surface area contributed by atoms with Crippen LogP contribution in [0.15, 0.2) is 116 Å². The van der Waals surface area contributed by atoms with Crippen LogP contribution in [0.3, 0.4) is 0 Å². The van der Waals surface area contributed by atoms with Gasteiger partial charge in [0.2, 0.25) is 0 Å². The van der Waals surface area contributed by atoms with Crippen molar-refractivity contribution in [1.82, 2.24) is 39.6 Å². The van der Waals surface area contributed by atoms with E-state index in [-0.39, 0.29) is 0 Å². The van der Waals surface area contributed by atoms with Crippen molar-refractivity contribution in [2.24, 2.45) is 7.05 Å². The Labute approximate surface area is 268 Å². The highest BCUT2D eigenvalue weighted by atomic mass is 35.5. The van der Waals surface area contributed by atoms with Crippen LogP contribution in [0, 0.1) is 0 Å². The van der Waals surface area contributed by atoms with Crippen molar-refractivity contribution in [3.8, 4) is 11.3 Å². The Morgan fingerprint density at radius 2 is 1.74 bits per heavy atom. The molecule has 11 heteroatoms. The van der Waals surface area contributed by atoms with Gasteiger partial charge in [0.15, 0.2) is 5.60 Å². The highest BCUT2D eigenvalue weighted by Crippen LogP contribution is 2.39. The number of aryl methyl sites for hydroxylation is 1. The molecule has 46 heavy (non-hydrogen) atoms. The number of hydrogen-bond donors (Lipinski definition) is 2. The van der Waals surface area contributed by atoms with Crippen LogP contribution in [0.4, 0.5) is 5.69 Å². The second-order valence-electron chi connectivity index (χ2n) is 11.2. The van der Waals surface area contributed by atoms with Crippen molar-refractivity contribution >= 4 is 44.9 Å². The van der Waals surface area contributed by atoms with Crippen molar-refractivity contribution < 1.29 is 5.11 Å². The summed E-state index contributed by atoms with van der Waals surface area (Å²) in [5.41, 5.74) is 5.53. The number of rotatable bonds is 7. The molecule has 0 radical (unpaired) electrons. The van der Waals surface area contributed by atoms with E-state index in [1.807, 2.05) is 109 Å². The molecule has 2 N–H and O–H groups in total. The first-order valence-corrected chi connectivity index (χ1v) is 15.0. The zero-order valence-electron chi connectivity index (χ0n) is 24.6. The summed E-state index contributed by atoms with van der Waals surface area (Å²) in [5, 5.41) is 30.7. The molecule has 10 nitrogen and oxygen atoms in total. The molecule has 4 aromatic heterocycles. The summed E-state index contributed by atoms with van der Waals surface area (Å²) < 4.78 is 3.41. The summed E-state index contributed by atoms with van der Waals surface area (Å²) in [6.45, 7) is 0.594. The largest absolute Gasteiger partial charge is 0.380 e. The number of hydrogen-bond acceptors (Lipinski definition) is 8. The maximum Gasteiger partial charge on any atom is 0.274 e. The summed E-state index contributed by atoms with van der Waals surface area (Å²) in [6, 6.07) is 31.3. The third-order valence-corrected chi connectivity index (χ3v) is 8.54. The predicted molar refractivity (Wildman–Crippen MR) is 177 cm³/mol. The SMILES string of the molecule is Cn1cncc1C(O)(c1ccc(CNc2cnc3ccccc3c2)cc1)c1ccc2c(c1)c(-c1cccc(Cl)c1)nc1nnnn12. The van der Waals surface area contributed by atoms with Crippen LogP contribution in [0.2, 0.25) is 5.02 Å². The van der Waals surface area contributed by atoms with Crippen LogP contribution < -0.4 is 5.32 Å². The summed E-state index contributed by atoms with van der Waals surface area (Å²) in [7, 11) is 1.87. The number of tetrazole rings is 1. The normalized spacial score (nSPS) is 12.9. The number of nitrogens with one attached hydrogen (secondary N) is 1. The van der Waals surface area contributed by atoms with Crippen LogP contribution in [0.5, 0.6) is 0 Å². The Hall–Kier alpha value is -5.71. The lowest BCUT2D eigenvalue weighted by Crippen LogP contribution is -2.31. The number of fused-ring (bicyclic) bond motifs is 4. The van der Waals surface area contributed by atoms with Crippen LogP contribution in [-0.4, -0.2) is 44.7 Å². The summed E-state index contributed by atoms with van der Waals surface area (Å²) in [4.78, 5) is 13.7. The van der Waals surface area contributed by atoms with Crippen LogP contribution >= 0.6 is 11.6 Å². The smallest absolute Gasteiger partial charge is 0.274 e. The van der Waals surface area contributed by atoms with Crippen LogP contribution in [0.1, 0.15) is 22.4 Å². The minimum Gasteiger partial charge on any atom is -0.380 e. The zero-order valence-corrected chi connectivity index (χ0v) is 25.3. The average molecular weight is 624 g/mol. The molecule has 0 spiro atoms. The number of benzene rings is 4. The quantitative estimate of drug-likeness (QED) is 0.216. The van der Waals surface area contributed by atoms with Gasteiger partial charge >= 0.3 is 0 Å². The lowest BCUT2D eigenvalue weighted by atomic mass is 9.82. The molecule has 0 amide bonds. The molecule has 0 aliphatic carbocycles. The van der Waals surface area contributed by atoms with Gasteiger partial charge in [0.05, 0.1) is 46.8 Å². The van der Waals surface area contributed by atoms with Gasteiger partial charge < -0.3 is 15.0 Å². The minimum atomic E-state index is -1.55. The summed E-state index contributed by atoms with van der Waals surface area (Å²) in [5.74, 6) is 0.362. The standard InChI is InChI=1S/C35H26ClN9O/c1-44-21-37-20-32(44)35(46,25-11-9-22(10-12-25)18-38-28-16-23-5-2-3-8-30(23)39-19-28)26-13-14-31-29(17-26)33(24-6-4-7-27(36)15-24)40-34-41-42-43-45(31)34/h2-17,19-21,38,46H,18H2,1H3. The van der Waals surface area contributed by atoms with Gasteiger partial charge in [-0.2, -0.15) is 4.52 Å². The van der Waals surface area contributed by atoms with E-state index < -0.39 is 5.60 Å². The lowest BCUT2D eigenvalue weighted by molar-refractivity contribution is 0.117. The molecule has 8 aromatic rings. The third-order valence-electron chi connectivity index (χ3n) is 8.31. The molecular formula is C35H26ClN9O. The highest BCUT2D eigenvalue weighted by Gasteiger charge is 2.37. The molecule has 0 bridgehead atoms. The second-order valence-corrected chi connectivity index (χ2v) is 11.6. The van der Waals surface area contributed by atoms with Gasteiger partial charge in [-0.3, -0.25) is 4.98 Å². The molecule has 0 aliphatic heterocycles. The number of para-hydroxylation sites is 1. The van der Waals surface area contributed by atoms with Crippen molar-refractivity contribution in [2.75, 3.05) is 5.32 Å². The van der Waals surface area contributed by atoms with Gasteiger partial charge in [0.25, 0.3) is 5.78 Å². The van der Waals surface area contributed by atoms with Crippen molar-refractivity contribution in [1.29, 1.82) is 0 Å². The molecule has 1 unspecified atom stereocenters. The highest BCUT2D eigenvalue weighted by molar-refractivity contribution is 6.30. The maximum atomic E-state index is 12.8. The molecule has 4 heterocycles. The Balaban J connectivity index is 1.21. The maximum absolute atomic E-state index is 12.8. The van der Waals surface area contributed by atoms with Crippen molar-refractivity contribution in [2.45, 2.75) is 12.1 Å². The Kier molecular flexibility index (Phi) is 6.66. The lowest BCUT2D eigenvalue weighted by Gasteiger charge is -2.30. The van der Waals surface area contributed by atoms with E-state index in [1.54, 1.807) is 17.0 Å². The topological polar surface area (TPSA) is 119 Å². The van der Waals surface area contributed by atoms with E-state index in [4.69, 9.17) is 16.6 Å². The van der Waals surface area contributed by atoms with Gasteiger partial charge in [-0.25, -0.2) is 9.97 Å². The van der Waals surface area contributed by atoms with Crippen molar-refractivity contribution in [3.63, 3.8) is 0 Å². The Morgan fingerprint density at radius 1 is 0.891 bits per heavy atom. The first-order chi connectivity index (χ1) is 22.5. The molecule has 8 rings (SSSR count). The van der Waals surface area contributed by atoms with E-state index in [0.717, 1.165) is 38.6 Å². The molecule has 0 saturated heterocycles. The molecule has 1 atom stereocenters. The molecule has 0 saturated carbocycles. The monoisotopic (exact) mass is 623 g/mol. The fourth-order valence-electron chi connectivity index (χ4n) is 5.96.